The SMILES string of the molecule is CC(Oc1ccc(F)cc1)C(=O)NCCSC1CCCC1. The van der Waals surface area contributed by atoms with E-state index in [4.69, 9.17) is 4.74 Å². The second-order valence-electron chi connectivity index (χ2n) is 5.28. The standard InChI is InChI=1S/C16H22FNO2S/c1-12(20-14-8-6-13(17)7-9-14)16(19)18-10-11-21-15-4-2-3-5-15/h6-9,12,15H,2-5,10-11H2,1H3,(H,18,19). The summed E-state index contributed by atoms with van der Waals surface area (Å²) >= 11 is 1.95. The second-order valence-corrected chi connectivity index (χ2v) is 6.69. The van der Waals surface area contributed by atoms with Crippen molar-refractivity contribution in [2.45, 2.75) is 44.0 Å². The number of ether oxygens (including phenoxy) is 1. The van der Waals surface area contributed by atoms with E-state index in [1.807, 2.05) is 11.8 Å². The van der Waals surface area contributed by atoms with E-state index < -0.39 is 6.10 Å². The number of nitrogens with one attached hydrogen (secondary N) is 1. The Morgan fingerprint density at radius 2 is 2.05 bits per heavy atom. The maximum absolute atomic E-state index is 12.8. The molecule has 0 aromatic heterocycles. The fourth-order valence-corrected chi connectivity index (χ4v) is 3.59. The van der Waals surface area contributed by atoms with Crippen LogP contribution in [0.1, 0.15) is 32.6 Å². The summed E-state index contributed by atoms with van der Waals surface area (Å²) in [7, 11) is 0. The van der Waals surface area contributed by atoms with Gasteiger partial charge in [0.25, 0.3) is 5.91 Å². The molecule has 0 heterocycles. The molecule has 116 valence electrons. The molecule has 1 amide bonds. The van der Waals surface area contributed by atoms with Crippen molar-refractivity contribution < 1.29 is 13.9 Å². The van der Waals surface area contributed by atoms with E-state index in [1.165, 1.54) is 49.9 Å². The van der Waals surface area contributed by atoms with Gasteiger partial charge in [0.15, 0.2) is 6.10 Å². The van der Waals surface area contributed by atoms with Crippen molar-refractivity contribution in [1.82, 2.24) is 5.32 Å². The van der Waals surface area contributed by atoms with Gasteiger partial charge in [-0.3, -0.25) is 4.79 Å². The molecule has 0 bridgehead atoms. The quantitative estimate of drug-likeness (QED) is 0.785. The Morgan fingerprint density at radius 1 is 1.38 bits per heavy atom. The average Bonchev–Trinajstić information content (AvgIpc) is 2.99. The molecule has 5 heteroatoms. The van der Waals surface area contributed by atoms with Gasteiger partial charge < -0.3 is 10.1 Å². The van der Waals surface area contributed by atoms with Gasteiger partial charge in [0.2, 0.25) is 0 Å². The lowest BCUT2D eigenvalue weighted by Crippen LogP contribution is -2.37. The van der Waals surface area contributed by atoms with Crippen molar-refractivity contribution in [3.05, 3.63) is 30.1 Å². The molecule has 1 fully saturated rings. The Hall–Kier alpha value is -1.23. The van der Waals surface area contributed by atoms with Crippen LogP contribution in [0.4, 0.5) is 4.39 Å². The van der Waals surface area contributed by atoms with Crippen molar-refractivity contribution in [3.63, 3.8) is 0 Å². The summed E-state index contributed by atoms with van der Waals surface area (Å²) in [6.07, 6.45) is 4.72. The van der Waals surface area contributed by atoms with Crippen molar-refractivity contribution in [1.29, 1.82) is 0 Å². The summed E-state index contributed by atoms with van der Waals surface area (Å²) < 4.78 is 18.3. The van der Waals surface area contributed by atoms with Crippen molar-refractivity contribution in [3.8, 4) is 5.75 Å². The maximum Gasteiger partial charge on any atom is 0.260 e. The van der Waals surface area contributed by atoms with E-state index >= 15 is 0 Å². The number of halogens is 1. The second kappa shape index (κ2) is 8.27. The fraction of sp³-hybridized carbons (Fsp3) is 0.562. The Kier molecular flexibility index (Phi) is 6.36. The summed E-state index contributed by atoms with van der Waals surface area (Å²) in [5.74, 6) is 0.994. The summed E-state index contributed by atoms with van der Waals surface area (Å²) in [5, 5.41) is 3.65. The molecule has 1 unspecified atom stereocenters. The monoisotopic (exact) mass is 311 g/mol. The van der Waals surface area contributed by atoms with Crippen molar-refractivity contribution in [2.75, 3.05) is 12.3 Å². The summed E-state index contributed by atoms with van der Waals surface area (Å²) in [4.78, 5) is 11.9. The molecule has 1 aromatic carbocycles. The molecule has 1 saturated carbocycles. The largest absolute Gasteiger partial charge is 0.481 e. The van der Waals surface area contributed by atoms with Crippen LogP contribution in [0.25, 0.3) is 0 Å². The minimum Gasteiger partial charge on any atom is -0.481 e. The highest BCUT2D eigenvalue weighted by Gasteiger charge is 2.16. The summed E-state index contributed by atoms with van der Waals surface area (Å²) in [5.41, 5.74) is 0. The highest BCUT2D eigenvalue weighted by atomic mass is 32.2. The fourth-order valence-electron chi connectivity index (χ4n) is 2.37. The average molecular weight is 311 g/mol. The first-order valence-electron chi connectivity index (χ1n) is 7.46. The minimum absolute atomic E-state index is 0.133. The van der Waals surface area contributed by atoms with Crippen molar-refractivity contribution >= 4 is 17.7 Å². The van der Waals surface area contributed by atoms with E-state index in [-0.39, 0.29) is 11.7 Å². The van der Waals surface area contributed by atoms with Crippen LogP contribution in [0.15, 0.2) is 24.3 Å². The van der Waals surface area contributed by atoms with E-state index in [0.29, 0.717) is 12.3 Å². The number of hydrogen-bond acceptors (Lipinski definition) is 3. The Bertz CT molecular complexity index is 446. The topological polar surface area (TPSA) is 38.3 Å². The normalized spacial score (nSPS) is 16.7. The van der Waals surface area contributed by atoms with Gasteiger partial charge in [0, 0.05) is 17.5 Å². The number of benzene rings is 1. The van der Waals surface area contributed by atoms with Gasteiger partial charge in [-0.25, -0.2) is 4.39 Å². The van der Waals surface area contributed by atoms with E-state index in [0.717, 1.165) is 11.0 Å². The first-order valence-corrected chi connectivity index (χ1v) is 8.51. The highest BCUT2D eigenvalue weighted by molar-refractivity contribution is 7.99. The molecule has 0 spiro atoms. The smallest absolute Gasteiger partial charge is 0.260 e. The molecule has 21 heavy (non-hydrogen) atoms. The molecule has 1 aromatic rings. The summed E-state index contributed by atoms with van der Waals surface area (Å²) in [6, 6.07) is 5.68. The molecule has 3 nitrogen and oxygen atoms in total. The van der Waals surface area contributed by atoms with Crippen LogP contribution in [0.2, 0.25) is 0 Å². The first-order chi connectivity index (χ1) is 10.1. The predicted molar refractivity (Wildman–Crippen MR) is 84.2 cm³/mol. The van der Waals surface area contributed by atoms with Gasteiger partial charge in [-0.15, -0.1) is 0 Å². The van der Waals surface area contributed by atoms with Gasteiger partial charge in [-0.1, -0.05) is 12.8 Å². The van der Waals surface area contributed by atoms with Gasteiger partial charge in [-0.05, 0) is 44.0 Å². The maximum atomic E-state index is 12.8. The summed E-state index contributed by atoms with van der Waals surface area (Å²) in [6.45, 7) is 2.36. The molecule has 1 atom stereocenters. The lowest BCUT2D eigenvalue weighted by molar-refractivity contribution is -0.127. The van der Waals surface area contributed by atoms with Crippen LogP contribution >= 0.6 is 11.8 Å². The molecular formula is C16H22FNO2S. The zero-order chi connectivity index (χ0) is 15.1. The van der Waals surface area contributed by atoms with Crippen LogP contribution in [-0.2, 0) is 4.79 Å². The van der Waals surface area contributed by atoms with Gasteiger partial charge in [-0.2, -0.15) is 11.8 Å². The number of thioether (sulfide) groups is 1. The molecule has 2 rings (SSSR count). The highest BCUT2D eigenvalue weighted by Crippen LogP contribution is 2.28. The minimum atomic E-state index is -0.577. The number of rotatable bonds is 7. The number of carbonyl (C=O) groups is 1. The van der Waals surface area contributed by atoms with E-state index in [1.54, 1.807) is 6.92 Å². The van der Waals surface area contributed by atoms with E-state index in [9.17, 15) is 9.18 Å². The van der Waals surface area contributed by atoms with E-state index in [2.05, 4.69) is 5.32 Å². The van der Waals surface area contributed by atoms with Gasteiger partial charge in [0.1, 0.15) is 11.6 Å². The van der Waals surface area contributed by atoms with Crippen LogP contribution in [0, 0.1) is 5.82 Å². The lowest BCUT2D eigenvalue weighted by Gasteiger charge is -2.15. The third-order valence-electron chi connectivity index (χ3n) is 3.55. The van der Waals surface area contributed by atoms with Crippen LogP contribution in [-0.4, -0.2) is 29.6 Å². The molecule has 0 radical (unpaired) electrons. The molecule has 1 aliphatic carbocycles. The number of amides is 1. The Labute approximate surface area is 129 Å². The predicted octanol–water partition coefficient (Wildman–Crippen LogP) is 3.39. The molecule has 0 saturated heterocycles. The van der Waals surface area contributed by atoms with Gasteiger partial charge in [0.05, 0.1) is 0 Å². The zero-order valence-corrected chi connectivity index (χ0v) is 13.1. The van der Waals surface area contributed by atoms with Gasteiger partial charge >= 0.3 is 0 Å². The van der Waals surface area contributed by atoms with Crippen LogP contribution in [0.3, 0.4) is 0 Å². The van der Waals surface area contributed by atoms with Crippen LogP contribution < -0.4 is 10.1 Å². The van der Waals surface area contributed by atoms with Crippen LogP contribution in [0.5, 0.6) is 5.75 Å². The first kappa shape index (κ1) is 16.1. The lowest BCUT2D eigenvalue weighted by atomic mass is 10.3. The number of carbonyl (C=O) groups excluding carboxylic acids is 1. The third-order valence-corrected chi connectivity index (χ3v) is 4.94. The third kappa shape index (κ3) is 5.58. The van der Waals surface area contributed by atoms with Crippen molar-refractivity contribution in [2.24, 2.45) is 0 Å². The number of hydrogen-bond donors (Lipinski definition) is 1. The Morgan fingerprint density at radius 3 is 2.71 bits per heavy atom. The molecule has 1 N–H and O–H groups in total. The Balaban J connectivity index is 1.63. The molecule has 0 aliphatic heterocycles. The zero-order valence-electron chi connectivity index (χ0n) is 12.3. The molecule has 1 aliphatic rings. The molecular weight excluding hydrogens is 289 g/mol.